The summed E-state index contributed by atoms with van der Waals surface area (Å²) >= 11 is 0. The van der Waals surface area contributed by atoms with E-state index in [1.807, 2.05) is 6.92 Å². The van der Waals surface area contributed by atoms with Crippen molar-refractivity contribution in [2.75, 3.05) is 6.61 Å². The summed E-state index contributed by atoms with van der Waals surface area (Å²) in [6, 6.07) is 0. The summed E-state index contributed by atoms with van der Waals surface area (Å²) in [5, 5.41) is 0. The van der Waals surface area contributed by atoms with E-state index < -0.39 is 24.6 Å². The van der Waals surface area contributed by atoms with Gasteiger partial charge < -0.3 is 9.47 Å². The lowest BCUT2D eigenvalue weighted by Crippen LogP contribution is -2.54. The Labute approximate surface area is 184 Å². The summed E-state index contributed by atoms with van der Waals surface area (Å²) < 4.78 is 40.7. The molecule has 0 bridgehead atoms. The van der Waals surface area contributed by atoms with Crippen LogP contribution in [0.5, 0.6) is 0 Å². The third-order valence-corrected chi connectivity index (χ3v) is 7.43. The van der Waals surface area contributed by atoms with Crippen LogP contribution in [-0.4, -0.2) is 37.3 Å². The summed E-state index contributed by atoms with van der Waals surface area (Å²) in [5.41, 5.74) is 0. The average molecular weight is 431 g/mol. The second-order valence-corrected chi connectivity index (χ2v) is 10.3. The van der Waals surface area contributed by atoms with Gasteiger partial charge in [-0.1, -0.05) is 78.6 Å². The molecule has 2 rings (SSSR count). The number of halogens is 2. The predicted octanol–water partition coefficient (Wildman–Crippen LogP) is 7.83. The number of unbranched alkanes of at least 4 members (excludes halogenated alkanes) is 1. The molecule has 0 amide bonds. The highest BCUT2D eigenvalue weighted by molar-refractivity contribution is 4.97. The Morgan fingerprint density at radius 3 is 2.37 bits per heavy atom. The topological polar surface area (TPSA) is 18.5 Å². The van der Waals surface area contributed by atoms with Crippen molar-refractivity contribution in [2.24, 2.45) is 17.8 Å². The van der Waals surface area contributed by atoms with Crippen molar-refractivity contribution in [1.29, 1.82) is 0 Å². The molecule has 30 heavy (non-hydrogen) atoms. The first-order chi connectivity index (χ1) is 14.5. The molecule has 0 aromatic carbocycles. The van der Waals surface area contributed by atoms with E-state index in [0.717, 1.165) is 37.5 Å². The SMILES string of the molecule is CCCC(C)CCCC(CCC)CCCCOC1CC2CCC(C)OC2C(F)C1F. The molecule has 4 heteroatoms. The van der Waals surface area contributed by atoms with Crippen molar-refractivity contribution in [3.63, 3.8) is 0 Å². The largest absolute Gasteiger partial charge is 0.375 e. The monoisotopic (exact) mass is 430 g/mol. The van der Waals surface area contributed by atoms with Crippen molar-refractivity contribution < 1.29 is 18.3 Å². The molecule has 1 saturated heterocycles. The average Bonchev–Trinajstić information content (AvgIpc) is 2.72. The normalized spacial score (nSPS) is 33.8. The van der Waals surface area contributed by atoms with Gasteiger partial charge in [0.25, 0.3) is 0 Å². The van der Waals surface area contributed by atoms with Gasteiger partial charge in [-0.3, -0.25) is 0 Å². The lowest BCUT2D eigenvalue weighted by Gasteiger charge is -2.44. The number of fused-ring (bicyclic) bond motifs is 1. The lowest BCUT2D eigenvalue weighted by molar-refractivity contribution is -0.179. The van der Waals surface area contributed by atoms with E-state index in [1.165, 1.54) is 51.4 Å². The first-order valence-corrected chi connectivity index (χ1v) is 13.0. The fourth-order valence-electron chi connectivity index (χ4n) is 5.63. The Hall–Kier alpha value is -0.220. The summed E-state index contributed by atoms with van der Waals surface area (Å²) in [6.45, 7) is 9.43. The third-order valence-electron chi connectivity index (χ3n) is 7.43. The van der Waals surface area contributed by atoms with Crippen LogP contribution < -0.4 is 0 Å². The van der Waals surface area contributed by atoms with Crippen LogP contribution in [0.4, 0.5) is 8.78 Å². The molecule has 8 unspecified atom stereocenters. The molecule has 2 fully saturated rings. The second kappa shape index (κ2) is 14.0. The van der Waals surface area contributed by atoms with E-state index in [2.05, 4.69) is 20.8 Å². The van der Waals surface area contributed by atoms with Gasteiger partial charge >= 0.3 is 0 Å². The van der Waals surface area contributed by atoms with E-state index in [-0.39, 0.29) is 12.0 Å². The summed E-state index contributed by atoms with van der Waals surface area (Å²) in [4.78, 5) is 0. The highest BCUT2D eigenvalue weighted by Crippen LogP contribution is 2.40. The maximum Gasteiger partial charge on any atom is 0.160 e. The highest BCUT2D eigenvalue weighted by atomic mass is 19.2. The van der Waals surface area contributed by atoms with Gasteiger partial charge in [0.1, 0.15) is 0 Å². The summed E-state index contributed by atoms with van der Waals surface area (Å²) in [5.74, 6) is 1.77. The zero-order valence-electron chi connectivity index (χ0n) is 20.1. The van der Waals surface area contributed by atoms with Crippen LogP contribution in [0.1, 0.15) is 111 Å². The molecule has 8 atom stereocenters. The summed E-state index contributed by atoms with van der Waals surface area (Å²) in [7, 11) is 0. The van der Waals surface area contributed by atoms with Crippen LogP contribution in [0.15, 0.2) is 0 Å². The first-order valence-electron chi connectivity index (χ1n) is 13.0. The third kappa shape index (κ3) is 8.37. The molecule has 1 aliphatic carbocycles. The molecule has 0 radical (unpaired) electrons. The van der Waals surface area contributed by atoms with Crippen molar-refractivity contribution in [3.8, 4) is 0 Å². The number of hydrogen-bond donors (Lipinski definition) is 0. The first kappa shape index (κ1) is 26.0. The van der Waals surface area contributed by atoms with Crippen LogP contribution in [0.3, 0.4) is 0 Å². The molecule has 2 aliphatic rings. The Balaban J connectivity index is 1.63. The molecule has 178 valence electrons. The lowest BCUT2D eigenvalue weighted by atomic mass is 9.77. The molecular formula is C26H48F2O2. The zero-order chi connectivity index (χ0) is 21.9. The Morgan fingerprint density at radius 2 is 1.63 bits per heavy atom. The Morgan fingerprint density at radius 1 is 0.900 bits per heavy atom. The van der Waals surface area contributed by atoms with Gasteiger partial charge in [-0.25, -0.2) is 8.78 Å². The molecule has 1 heterocycles. The zero-order valence-corrected chi connectivity index (χ0v) is 20.1. The predicted molar refractivity (Wildman–Crippen MR) is 121 cm³/mol. The fraction of sp³-hybridized carbons (Fsp3) is 1.00. The molecule has 1 saturated carbocycles. The Bertz CT molecular complexity index is 445. The van der Waals surface area contributed by atoms with Crippen LogP contribution in [0.2, 0.25) is 0 Å². The number of ether oxygens (including phenoxy) is 2. The van der Waals surface area contributed by atoms with Gasteiger partial charge in [0.05, 0.1) is 18.3 Å². The van der Waals surface area contributed by atoms with Gasteiger partial charge in [-0.15, -0.1) is 0 Å². The van der Waals surface area contributed by atoms with E-state index >= 15 is 0 Å². The van der Waals surface area contributed by atoms with E-state index in [9.17, 15) is 8.78 Å². The molecule has 1 aliphatic heterocycles. The molecule has 0 spiro atoms. The summed E-state index contributed by atoms with van der Waals surface area (Å²) in [6.07, 6.45) is 10.8. The molecular weight excluding hydrogens is 382 g/mol. The van der Waals surface area contributed by atoms with Crippen molar-refractivity contribution in [1.82, 2.24) is 0 Å². The minimum absolute atomic E-state index is 0.0418. The standard InChI is InChI=1S/C26H48F2O2/c1-5-10-19(3)12-9-14-21(11-6-2)13-7-8-17-29-23-18-22-16-15-20(4)30-26(22)25(28)24(23)27/h19-26H,5-18H2,1-4H3. The smallest absolute Gasteiger partial charge is 0.160 e. The maximum atomic E-state index is 14.6. The van der Waals surface area contributed by atoms with Gasteiger partial charge in [0, 0.05) is 6.61 Å². The minimum Gasteiger partial charge on any atom is -0.375 e. The number of alkyl halides is 2. The molecule has 0 aromatic heterocycles. The fourth-order valence-corrected chi connectivity index (χ4v) is 5.63. The van der Waals surface area contributed by atoms with Crippen molar-refractivity contribution >= 4 is 0 Å². The van der Waals surface area contributed by atoms with Crippen molar-refractivity contribution in [3.05, 3.63) is 0 Å². The van der Waals surface area contributed by atoms with E-state index in [1.54, 1.807) is 0 Å². The van der Waals surface area contributed by atoms with Gasteiger partial charge in [-0.05, 0) is 50.4 Å². The number of hydrogen-bond acceptors (Lipinski definition) is 2. The number of rotatable bonds is 14. The minimum atomic E-state index is -1.55. The van der Waals surface area contributed by atoms with Gasteiger partial charge in [0.15, 0.2) is 12.3 Å². The van der Waals surface area contributed by atoms with Crippen LogP contribution in [0, 0.1) is 17.8 Å². The maximum absolute atomic E-state index is 14.6. The highest BCUT2D eigenvalue weighted by Gasteiger charge is 2.48. The molecule has 2 nitrogen and oxygen atoms in total. The molecule has 0 N–H and O–H groups in total. The van der Waals surface area contributed by atoms with Gasteiger partial charge in [0.2, 0.25) is 0 Å². The van der Waals surface area contributed by atoms with Gasteiger partial charge in [-0.2, -0.15) is 0 Å². The van der Waals surface area contributed by atoms with Crippen LogP contribution >= 0.6 is 0 Å². The molecule has 0 aromatic rings. The second-order valence-electron chi connectivity index (χ2n) is 10.3. The Kier molecular flexibility index (Phi) is 12.2. The van der Waals surface area contributed by atoms with E-state index in [4.69, 9.17) is 9.47 Å². The van der Waals surface area contributed by atoms with Crippen LogP contribution in [-0.2, 0) is 9.47 Å². The van der Waals surface area contributed by atoms with E-state index in [0.29, 0.717) is 13.0 Å². The quantitative estimate of drug-likeness (QED) is 0.261. The van der Waals surface area contributed by atoms with Crippen LogP contribution in [0.25, 0.3) is 0 Å². The van der Waals surface area contributed by atoms with Crippen molar-refractivity contribution in [2.45, 2.75) is 142 Å².